The number of rotatable bonds is 7. The molecule has 1 N–H and O–H groups in total. The first-order chi connectivity index (χ1) is 17.3. The molecule has 36 heavy (non-hydrogen) atoms. The Morgan fingerprint density at radius 2 is 1.78 bits per heavy atom. The molecule has 190 valence electrons. The number of carbonyl (C=O) groups excluding carboxylic acids is 2. The van der Waals surface area contributed by atoms with Crippen LogP contribution in [0.25, 0.3) is 0 Å². The topological polar surface area (TPSA) is 73.9 Å². The van der Waals surface area contributed by atoms with Crippen LogP contribution < -0.4 is 14.8 Å². The molecule has 1 aliphatic heterocycles. The van der Waals surface area contributed by atoms with Gasteiger partial charge in [0.1, 0.15) is 0 Å². The minimum absolute atomic E-state index is 0.0110. The molecular weight excluding hydrogens is 454 g/mol. The van der Waals surface area contributed by atoms with Crippen LogP contribution in [-0.2, 0) is 14.3 Å². The number of methoxy groups -OCH3 is 2. The molecule has 0 saturated heterocycles. The molecule has 3 atom stereocenters. The van der Waals surface area contributed by atoms with Crippen molar-refractivity contribution in [3.05, 3.63) is 81.7 Å². The number of hydrogen-bond donors (Lipinski definition) is 1. The number of dihydropyridines is 1. The van der Waals surface area contributed by atoms with E-state index in [2.05, 4.69) is 11.4 Å². The van der Waals surface area contributed by atoms with Crippen LogP contribution in [0.3, 0.4) is 0 Å². The summed E-state index contributed by atoms with van der Waals surface area (Å²) in [5.74, 6) is 0.489. The van der Waals surface area contributed by atoms with Crippen molar-refractivity contribution in [3.8, 4) is 11.5 Å². The molecule has 6 heteroatoms. The van der Waals surface area contributed by atoms with E-state index < -0.39 is 5.92 Å². The largest absolute Gasteiger partial charge is 0.493 e. The lowest BCUT2D eigenvalue weighted by Gasteiger charge is -2.37. The lowest BCUT2D eigenvalue weighted by molar-refractivity contribution is -0.144. The molecule has 0 unspecified atom stereocenters. The standard InChI is InChI=1S/C30H35NO5/c1-7-18(3)36-30(33)27-19(4)31-23-14-22(20-11-12-25(34-5)26(16-20)35-6)15-24(32)29(23)28(27)21-10-8-9-17(2)13-21/h8-13,16,18,22,28,31H,7,14-15H2,1-6H3/t18-,22+,28+/m1/s1. The number of benzene rings is 2. The summed E-state index contributed by atoms with van der Waals surface area (Å²) in [4.78, 5) is 27.1. The second-order valence-electron chi connectivity index (χ2n) is 9.67. The Bertz CT molecular complexity index is 1240. The third kappa shape index (κ3) is 4.90. The van der Waals surface area contributed by atoms with Crippen LogP contribution in [0.2, 0.25) is 0 Å². The smallest absolute Gasteiger partial charge is 0.337 e. The SMILES string of the molecule is CC[C@@H](C)OC(=O)C1=C(C)NC2=C(C(=O)C[C@@H](c3ccc(OC)c(OC)c3)C2)[C@H]1c1cccc(C)c1. The van der Waals surface area contributed by atoms with Crippen LogP contribution in [0.1, 0.15) is 68.6 Å². The van der Waals surface area contributed by atoms with Crippen molar-refractivity contribution in [1.82, 2.24) is 5.32 Å². The third-order valence-electron chi connectivity index (χ3n) is 7.19. The summed E-state index contributed by atoms with van der Waals surface area (Å²) in [6.07, 6.45) is 1.53. The summed E-state index contributed by atoms with van der Waals surface area (Å²) in [7, 11) is 3.21. The van der Waals surface area contributed by atoms with Crippen LogP contribution in [0.5, 0.6) is 11.5 Å². The number of Topliss-reactive ketones (excluding diaryl/α,β-unsaturated/α-hetero) is 1. The van der Waals surface area contributed by atoms with Gasteiger partial charge in [-0.2, -0.15) is 0 Å². The molecule has 2 aromatic carbocycles. The Morgan fingerprint density at radius 1 is 1.03 bits per heavy atom. The Labute approximate surface area is 213 Å². The van der Waals surface area contributed by atoms with Gasteiger partial charge < -0.3 is 19.5 Å². The highest BCUT2D eigenvalue weighted by atomic mass is 16.5. The summed E-state index contributed by atoms with van der Waals surface area (Å²) in [5, 5.41) is 3.42. The van der Waals surface area contributed by atoms with Crippen LogP contribution in [0.4, 0.5) is 0 Å². The van der Waals surface area contributed by atoms with E-state index in [1.54, 1.807) is 14.2 Å². The van der Waals surface area contributed by atoms with E-state index in [4.69, 9.17) is 14.2 Å². The number of esters is 1. The Hall–Kier alpha value is -3.54. The van der Waals surface area contributed by atoms with Gasteiger partial charge in [-0.1, -0.05) is 42.8 Å². The first-order valence-electron chi connectivity index (χ1n) is 12.5. The second kappa shape index (κ2) is 10.6. The fraction of sp³-hybridized carbons (Fsp3) is 0.400. The lowest BCUT2D eigenvalue weighted by Crippen LogP contribution is -2.36. The average Bonchev–Trinajstić information content (AvgIpc) is 2.86. The van der Waals surface area contributed by atoms with Gasteiger partial charge in [0.25, 0.3) is 0 Å². The predicted octanol–water partition coefficient (Wildman–Crippen LogP) is 5.72. The van der Waals surface area contributed by atoms with Gasteiger partial charge in [-0.3, -0.25) is 4.79 Å². The minimum atomic E-state index is -0.462. The molecule has 0 amide bonds. The molecule has 1 heterocycles. The van der Waals surface area contributed by atoms with Crippen LogP contribution in [-0.4, -0.2) is 32.1 Å². The van der Waals surface area contributed by atoms with Crippen molar-refractivity contribution in [3.63, 3.8) is 0 Å². The number of ketones is 1. The van der Waals surface area contributed by atoms with Crippen molar-refractivity contribution in [2.75, 3.05) is 14.2 Å². The molecule has 0 aromatic heterocycles. The number of ether oxygens (including phenoxy) is 3. The summed E-state index contributed by atoms with van der Waals surface area (Å²) in [6, 6.07) is 13.8. The van der Waals surface area contributed by atoms with Gasteiger partial charge in [0.2, 0.25) is 0 Å². The lowest BCUT2D eigenvalue weighted by atomic mass is 9.71. The van der Waals surface area contributed by atoms with Gasteiger partial charge in [-0.15, -0.1) is 0 Å². The Morgan fingerprint density at radius 3 is 2.44 bits per heavy atom. The average molecular weight is 490 g/mol. The second-order valence-corrected chi connectivity index (χ2v) is 9.67. The van der Waals surface area contributed by atoms with Crippen LogP contribution in [0.15, 0.2) is 65.0 Å². The molecule has 0 fully saturated rings. The van der Waals surface area contributed by atoms with E-state index in [1.165, 1.54) is 0 Å². The summed E-state index contributed by atoms with van der Waals surface area (Å²) >= 11 is 0. The summed E-state index contributed by atoms with van der Waals surface area (Å²) in [6.45, 7) is 7.78. The Balaban J connectivity index is 1.76. The van der Waals surface area contributed by atoms with Crippen molar-refractivity contribution in [1.29, 1.82) is 0 Å². The number of aryl methyl sites for hydroxylation is 1. The first-order valence-corrected chi connectivity index (χ1v) is 12.5. The minimum Gasteiger partial charge on any atom is -0.493 e. The van der Waals surface area contributed by atoms with Crippen molar-refractivity contribution < 1.29 is 23.8 Å². The fourth-order valence-electron chi connectivity index (χ4n) is 5.16. The molecule has 1 aliphatic carbocycles. The molecule has 0 radical (unpaired) electrons. The molecule has 0 spiro atoms. The zero-order valence-corrected chi connectivity index (χ0v) is 21.9. The monoisotopic (exact) mass is 489 g/mol. The molecule has 2 aromatic rings. The molecule has 0 saturated carbocycles. The van der Waals surface area contributed by atoms with Gasteiger partial charge >= 0.3 is 5.97 Å². The van der Waals surface area contributed by atoms with E-state index >= 15 is 0 Å². The Kier molecular flexibility index (Phi) is 7.53. The summed E-state index contributed by atoms with van der Waals surface area (Å²) < 4.78 is 16.6. The highest BCUT2D eigenvalue weighted by molar-refractivity contribution is 6.04. The number of allylic oxidation sites excluding steroid dienone is 3. The zero-order valence-electron chi connectivity index (χ0n) is 21.9. The predicted molar refractivity (Wildman–Crippen MR) is 139 cm³/mol. The fourth-order valence-corrected chi connectivity index (χ4v) is 5.16. The quantitative estimate of drug-likeness (QED) is 0.502. The van der Waals surface area contributed by atoms with Gasteiger partial charge in [-0.25, -0.2) is 4.79 Å². The van der Waals surface area contributed by atoms with Gasteiger partial charge in [0.15, 0.2) is 17.3 Å². The van der Waals surface area contributed by atoms with Gasteiger partial charge in [-0.05, 0) is 62.8 Å². The van der Waals surface area contributed by atoms with E-state index in [0.29, 0.717) is 35.5 Å². The molecule has 2 aliphatic rings. The highest BCUT2D eigenvalue weighted by Gasteiger charge is 2.41. The number of carbonyl (C=O) groups is 2. The maximum absolute atomic E-state index is 13.8. The molecule has 6 nitrogen and oxygen atoms in total. The maximum Gasteiger partial charge on any atom is 0.337 e. The highest BCUT2D eigenvalue weighted by Crippen LogP contribution is 2.46. The van der Waals surface area contributed by atoms with Crippen molar-refractivity contribution >= 4 is 11.8 Å². The van der Waals surface area contributed by atoms with E-state index in [9.17, 15) is 9.59 Å². The molecule has 0 bridgehead atoms. The number of hydrogen-bond acceptors (Lipinski definition) is 6. The third-order valence-corrected chi connectivity index (χ3v) is 7.19. The van der Waals surface area contributed by atoms with Crippen LogP contribution in [0, 0.1) is 6.92 Å². The van der Waals surface area contributed by atoms with Gasteiger partial charge in [0.05, 0.1) is 25.9 Å². The molecule has 4 rings (SSSR count). The van der Waals surface area contributed by atoms with E-state index in [-0.39, 0.29) is 23.8 Å². The molecular formula is C30H35NO5. The van der Waals surface area contributed by atoms with Gasteiger partial charge in [0, 0.05) is 29.3 Å². The van der Waals surface area contributed by atoms with E-state index in [1.807, 2.05) is 64.1 Å². The van der Waals surface area contributed by atoms with Crippen molar-refractivity contribution in [2.45, 2.75) is 64.9 Å². The number of nitrogens with one attached hydrogen (secondary N) is 1. The van der Waals surface area contributed by atoms with Crippen LogP contribution >= 0.6 is 0 Å². The van der Waals surface area contributed by atoms with E-state index in [0.717, 1.165) is 34.5 Å². The maximum atomic E-state index is 13.8. The zero-order chi connectivity index (χ0) is 26.0. The first kappa shape index (κ1) is 25.5. The summed E-state index contributed by atoms with van der Waals surface area (Å²) in [5.41, 5.74) is 5.80. The van der Waals surface area contributed by atoms with Crippen molar-refractivity contribution in [2.24, 2.45) is 0 Å². The normalized spacial score (nSPS) is 20.4.